The van der Waals surface area contributed by atoms with Gasteiger partial charge in [0, 0.05) is 36.9 Å². The molecule has 0 saturated carbocycles. The molecule has 0 bridgehead atoms. The van der Waals surface area contributed by atoms with Crippen molar-refractivity contribution in [1.82, 2.24) is 4.57 Å². The summed E-state index contributed by atoms with van der Waals surface area (Å²) in [6.07, 6.45) is 6.48. The van der Waals surface area contributed by atoms with Gasteiger partial charge in [0.05, 0.1) is 10.7 Å². The summed E-state index contributed by atoms with van der Waals surface area (Å²) in [6, 6.07) is 8.81. The van der Waals surface area contributed by atoms with Crippen LogP contribution in [0.5, 0.6) is 0 Å². The van der Waals surface area contributed by atoms with Crippen LogP contribution in [0.25, 0.3) is 0 Å². The van der Waals surface area contributed by atoms with E-state index in [0.29, 0.717) is 23.0 Å². The third kappa shape index (κ3) is 5.89. The van der Waals surface area contributed by atoms with Crippen LogP contribution in [0.4, 0.5) is 5.69 Å². The second kappa shape index (κ2) is 12.2. The van der Waals surface area contributed by atoms with Gasteiger partial charge < -0.3 is 9.47 Å². The number of anilines is 1. The van der Waals surface area contributed by atoms with Crippen molar-refractivity contribution in [3.63, 3.8) is 0 Å². The molecule has 1 amide bonds. The van der Waals surface area contributed by atoms with Gasteiger partial charge in [-0.1, -0.05) is 56.8 Å². The number of aryl methyl sites for hydroxylation is 1. The predicted octanol–water partition coefficient (Wildman–Crippen LogP) is 6.09. The first kappa shape index (κ1) is 24.5. The van der Waals surface area contributed by atoms with Gasteiger partial charge in [-0.05, 0) is 37.8 Å². The molecule has 0 unspecified atom stereocenters. The fourth-order valence-corrected chi connectivity index (χ4v) is 4.22. The molecule has 0 aliphatic rings. The molecule has 6 heteroatoms. The van der Waals surface area contributed by atoms with Crippen molar-refractivity contribution < 1.29 is 4.79 Å². The highest BCUT2D eigenvalue weighted by molar-refractivity contribution is 6.34. The lowest BCUT2D eigenvalue weighted by Crippen LogP contribution is -2.34. The number of para-hydroxylation sites is 1. The third-order valence-electron chi connectivity index (χ3n) is 5.35. The second-order valence-electron chi connectivity index (χ2n) is 7.50. The maximum atomic E-state index is 13.4. The van der Waals surface area contributed by atoms with Crippen molar-refractivity contribution in [2.24, 2.45) is 0 Å². The summed E-state index contributed by atoms with van der Waals surface area (Å²) in [5.41, 5.74) is 2.47. The van der Waals surface area contributed by atoms with E-state index in [-0.39, 0.29) is 16.9 Å². The molecule has 4 nitrogen and oxygen atoms in total. The minimum absolute atomic E-state index is 0.211. The molecule has 0 aliphatic heterocycles. The van der Waals surface area contributed by atoms with Crippen molar-refractivity contribution in [3.8, 4) is 0 Å². The topological polar surface area (TPSA) is 42.3 Å². The maximum absolute atomic E-state index is 13.4. The summed E-state index contributed by atoms with van der Waals surface area (Å²) in [5.74, 6) is 0.377. The molecule has 1 heterocycles. The molecule has 2 aromatic rings. The number of unbranched alkanes of at least 4 members (excludes halogenated alkanes) is 3. The summed E-state index contributed by atoms with van der Waals surface area (Å²) in [5, 5.41) is 0.482. The zero-order chi connectivity index (χ0) is 22.1. The monoisotopic (exact) mass is 450 g/mol. The largest absolute Gasteiger partial charge is 0.348 e. The van der Waals surface area contributed by atoms with E-state index in [1.807, 2.05) is 19.1 Å². The summed E-state index contributed by atoms with van der Waals surface area (Å²) in [7, 11) is 1.67. The molecule has 1 aromatic heterocycles. The standard InChI is InChI=1S/C24H32Cl2N2O2/c1-4-12-21-23(24(30)27(3)20-14-9-8-13-19(20)26)22(29)17-18(5-2)28(21)16-11-7-6-10-15-25/h8-9,13-14,17H,4-7,10-12,15-16H2,1-3H3. The Kier molecular flexibility index (Phi) is 9.93. The summed E-state index contributed by atoms with van der Waals surface area (Å²) in [4.78, 5) is 27.9. The number of rotatable bonds is 11. The van der Waals surface area contributed by atoms with Crippen molar-refractivity contribution in [2.75, 3.05) is 17.8 Å². The van der Waals surface area contributed by atoms with Crippen LogP contribution in [0, 0.1) is 0 Å². The van der Waals surface area contributed by atoms with Gasteiger partial charge in [-0.2, -0.15) is 0 Å². The number of hydrogen-bond donors (Lipinski definition) is 0. The summed E-state index contributed by atoms with van der Waals surface area (Å²) in [6.45, 7) is 4.92. The number of carbonyl (C=O) groups is 1. The van der Waals surface area contributed by atoms with Crippen LogP contribution in [0.1, 0.15) is 67.7 Å². The van der Waals surface area contributed by atoms with E-state index in [1.165, 1.54) is 4.90 Å². The molecule has 0 aliphatic carbocycles. The number of amides is 1. The molecule has 0 spiro atoms. The molecule has 1 aromatic carbocycles. The molecular formula is C24H32Cl2N2O2. The molecule has 0 saturated heterocycles. The van der Waals surface area contributed by atoms with Crippen LogP contribution in [0.2, 0.25) is 5.02 Å². The van der Waals surface area contributed by atoms with Crippen LogP contribution >= 0.6 is 23.2 Å². The van der Waals surface area contributed by atoms with Crippen molar-refractivity contribution in [3.05, 3.63) is 62.5 Å². The molecule has 164 valence electrons. The Morgan fingerprint density at radius 2 is 1.80 bits per heavy atom. The number of benzene rings is 1. The molecular weight excluding hydrogens is 419 g/mol. The molecule has 30 heavy (non-hydrogen) atoms. The Hall–Kier alpha value is -1.78. The zero-order valence-electron chi connectivity index (χ0n) is 18.2. The highest BCUT2D eigenvalue weighted by Gasteiger charge is 2.24. The zero-order valence-corrected chi connectivity index (χ0v) is 19.7. The van der Waals surface area contributed by atoms with Gasteiger partial charge >= 0.3 is 0 Å². The van der Waals surface area contributed by atoms with Gasteiger partial charge in [-0.3, -0.25) is 9.59 Å². The van der Waals surface area contributed by atoms with Gasteiger partial charge in [-0.15, -0.1) is 11.6 Å². The molecule has 0 fully saturated rings. The number of pyridine rings is 1. The van der Waals surface area contributed by atoms with E-state index in [4.69, 9.17) is 23.2 Å². The Morgan fingerprint density at radius 3 is 2.43 bits per heavy atom. The van der Waals surface area contributed by atoms with E-state index in [9.17, 15) is 9.59 Å². The van der Waals surface area contributed by atoms with E-state index >= 15 is 0 Å². The van der Waals surface area contributed by atoms with Crippen LogP contribution in [-0.2, 0) is 19.4 Å². The molecule has 0 atom stereocenters. The number of nitrogens with zero attached hydrogens (tertiary/aromatic N) is 2. The predicted molar refractivity (Wildman–Crippen MR) is 127 cm³/mol. The second-order valence-corrected chi connectivity index (χ2v) is 8.28. The Labute approximate surface area is 189 Å². The van der Waals surface area contributed by atoms with E-state index in [2.05, 4.69) is 11.5 Å². The average molecular weight is 451 g/mol. The normalized spacial score (nSPS) is 11.0. The lowest BCUT2D eigenvalue weighted by Gasteiger charge is -2.24. The Balaban J connectivity index is 2.47. The third-order valence-corrected chi connectivity index (χ3v) is 5.94. The fraction of sp³-hybridized carbons (Fsp3) is 0.500. The highest BCUT2D eigenvalue weighted by Crippen LogP contribution is 2.26. The Bertz CT molecular complexity index is 909. The van der Waals surface area contributed by atoms with Crippen LogP contribution < -0.4 is 10.3 Å². The first-order valence-electron chi connectivity index (χ1n) is 10.8. The molecule has 0 N–H and O–H groups in total. The number of hydrogen-bond acceptors (Lipinski definition) is 2. The summed E-state index contributed by atoms with van der Waals surface area (Å²) < 4.78 is 2.19. The first-order chi connectivity index (χ1) is 14.5. The number of alkyl halides is 1. The minimum Gasteiger partial charge on any atom is -0.348 e. The lowest BCUT2D eigenvalue weighted by atomic mass is 10.0. The van der Waals surface area contributed by atoms with Crippen molar-refractivity contribution >= 4 is 34.8 Å². The van der Waals surface area contributed by atoms with Gasteiger partial charge in [0.1, 0.15) is 5.56 Å². The average Bonchev–Trinajstić information content (AvgIpc) is 2.74. The highest BCUT2D eigenvalue weighted by atomic mass is 35.5. The quantitative estimate of drug-likeness (QED) is 0.306. The van der Waals surface area contributed by atoms with Gasteiger partial charge in [0.2, 0.25) is 0 Å². The van der Waals surface area contributed by atoms with Gasteiger partial charge in [0.25, 0.3) is 5.91 Å². The molecule has 0 radical (unpaired) electrons. The van der Waals surface area contributed by atoms with Gasteiger partial charge in [-0.25, -0.2) is 0 Å². The summed E-state index contributed by atoms with van der Waals surface area (Å²) >= 11 is 12.1. The van der Waals surface area contributed by atoms with Crippen LogP contribution in [-0.4, -0.2) is 23.4 Å². The number of carbonyl (C=O) groups excluding carboxylic acids is 1. The van der Waals surface area contributed by atoms with Crippen molar-refractivity contribution in [2.45, 2.75) is 65.3 Å². The van der Waals surface area contributed by atoms with E-state index < -0.39 is 0 Å². The van der Waals surface area contributed by atoms with Crippen LogP contribution in [0.15, 0.2) is 35.1 Å². The lowest BCUT2D eigenvalue weighted by molar-refractivity contribution is 0.0990. The SMILES string of the molecule is CCCc1c(C(=O)N(C)c2ccccc2Cl)c(=O)cc(CC)n1CCCCCCCl. The number of halogens is 2. The first-order valence-corrected chi connectivity index (χ1v) is 11.7. The fourth-order valence-electron chi connectivity index (χ4n) is 3.77. The molecule has 2 rings (SSSR count). The minimum atomic E-state index is -0.310. The van der Waals surface area contributed by atoms with Crippen LogP contribution in [0.3, 0.4) is 0 Å². The smallest absolute Gasteiger partial charge is 0.263 e. The van der Waals surface area contributed by atoms with Crippen molar-refractivity contribution in [1.29, 1.82) is 0 Å². The maximum Gasteiger partial charge on any atom is 0.263 e. The van der Waals surface area contributed by atoms with E-state index in [0.717, 1.165) is 56.5 Å². The van der Waals surface area contributed by atoms with E-state index in [1.54, 1.807) is 25.2 Å². The number of aromatic nitrogens is 1. The Morgan fingerprint density at radius 1 is 1.10 bits per heavy atom. The van der Waals surface area contributed by atoms with Gasteiger partial charge in [0.15, 0.2) is 5.43 Å².